The predicted molar refractivity (Wildman–Crippen MR) is 56.7 cm³/mol. The summed E-state index contributed by atoms with van der Waals surface area (Å²) >= 11 is 0. The molecule has 78 valence electrons. The Kier molecular flexibility index (Phi) is 2.31. The number of hydrogen-bond acceptors (Lipinski definition) is 2. The summed E-state index contributed by atoms with van der Waals surface area (Å²) in [5, 5.41) is 8.99. The van der Waals surface area contributed by atoms with Crippen LogP contribution in [-0.2, 0) is 0 Å². The largest absolute Gasteiger partial charge is 0.301 e. The third kappa shape index (κ3) is 2.09. The summed E-state index contributed by atoms with van der Waals surface area (Å²) in [6.07, 6.45) is 5.62. The van der Waals surface area contributed by atoms with Crippen LogP contribution < -0.4 is 0 Å². The molecule has 0 unspecified atom stereocenters. The molecular formula is C12H20N2. The molecule has 0 N–H and O–H groups in total. The third-order valence-electron chi connectivity index (χ3n) is 3.62. The summed E-state index contributed by atoms with van der Waals surface area (Å²) in [6, 6.07) is 2.39. The minimum Gasteiger partial charge on any atom is -0.301 e. The van der Waals surface area contributed by atoms with E-state index in [0.717, 1.165) is 6.54 Å². The maximum Gasteiger partial charge on any atom is 0.0697 e. The Hall–Kier alpha value is -0.550. The van der Waals surface area contributed by atoms with Crippen LogP contribution in [-0.4, -0.2) is 24.5 Å². The van der Waals surface area contributed by atoms with Gasteiger partial charge in [-0.05, 0) is 51.5 Å². The van der Waals surface area contributed by atoms with Crippen molar-refractivity contribution < 1.29 is 0 Å². The van der Waals surface area contributed by atoms with Crippen molar-refractivity contribution in [2.75, 3.05) is 19.6 Å². The lowest BCUT2D eigenvalue weighted by molar-refractivity contribution is 0.130. The topological polar surface area (TPSA) is 27.0 Å². The van der Waals surface area contributed by atoms with Gasteiger partial charge in [-0.2, -0.15) is 5.26 Å². The van der Waals surface area contributed by atoms with Crippen LogP contribution in [0.3, 0.4) is 0 Å². The van der Waals surface area contributed by atoms with Crippen molar-refractivity contribution >= 4 is 0 Å². The Bertz CT molecular complexity index is 258. The van der Waals surface area contributed by atoms with E-state index >= 15 is 0 Å². The molecule has 1 aliphatic heterocycles. The van der Waals surface area contributed by atoms with E-state index in [2.05, 4.69) is 11.0 Å². The van der Waals surface area contributed by atoms with Crippen LogP contribution in [0.2, 0.25) is 0 Å². The van der Waals surface area contributed by atoms with Crippen molar-refractivity contribution in [3.05, 3.63) is 0 Å². The standard InChI is InChI=1S/C12H20N2/c1-11(2,8-13)9-14-7-3-4-12(10-14)5-6-12/h3-7,9-10H2,1-2H3. The van der Waals surface area contributed by atoms with Crippen LogP contribution in [0.15, 0.2) is 0 Å². The molecule has 2 rings (SSSR count). The Balaban J connectivity index is 1.90. The first-order valence-electron chi connectivity index (χ1n) is 5.69. The first-order valence-corrected chi connectivity index (χ1v) is 5.69. The van der Waals surface area contributed by atoms with Crippen LogP contribution in [0, 0.1) is 22.2 Å². The van der Waals surface area contributed by atoms with Crippen LogP contribution in [0.4, 0.5) is 0 Å². The molecule has 1 spiro atoms. The molecule has 0 aromatic rings. The summed E-state index contributed by atoms with van der Waals surface area (Å²) in [5.74, 6) is 0. The molecule has 0 aromatic heterocycles. The highest BCUT2D eigenvalue weighted by atomic mass is 15.1. The van der Waals surface area contributed by atoms with E-state index in [9.17, 15) is 0 Å². The minimum atomic E-state index is -0.173. The van der Waals surface area contributed by atoms with E-state index in [1.807, 2.05) is 13.8 Å². The number of likely N-dealkylation sites (tertiary alicyclic amines) is 1. The van der Waals surface area contributed by atoms with Gasteiger partial charge in [0.2, 0.25) is 0 Å². The van der Waals surface area contributed by atoms with Crippen molar-refractivity contribution in [3.8, 4) is 6.07 Å². The monoisotopic (exact) mass is 192 g/mol. The highest BCUT2D eigenvalue weighted by Gasteiger charge is 2.45. The summed E-state index contributed by atoms with van der Waals surface area (Å²) in [7, 11) is 0. The SMILES string of the molecule is CC(C)(C#N)CN1CCCC2(CC2)C1. The van der Waals surface area contributed by atoms with E-state index in [1.165, 1.54) is 38.8 Å². The highest BCUT2D eigenvalue weighted by Crippen LogP contribution is 2.52. The van der Waals surface area contributed by atoms with Gasteiger partial charge in [0.25, 0.3) is 0 Å². The number of rotatable bonds is 2. The van der Waals surface area contributed by atoms with Gasteiger partial charge in [-0.3, -0.25) is 0 Å². The normalized spacial score (nSPS) is 26.1. The molecule has 2 fully saturated rings. The molecule has 1 heterocycles. The maximum atomic E-state index is 8.99. The van der Waals surface area contributed by atoms with Crippen molar-refractivity contribution in [2.45, 2.75) is 39.5 Å². The average Bonchev–Trinajstić information content (AvgIpc) is 2.84. The molecule has 0 radical (unpaired) electrons. The number of hydrogen-bond donors (Lipinski definition) is 0. The second kappa shape index (κ2) is 3.24. The lowest BCUT2D eigenvalue weighted by atomic mass is 9.90. The smallest absolute Gasteiger partial charge is 0.0697 e. The molecule has 0 amide bonds. The van der Waals surface area contributed by atoms with Gasteiger partial charge in [0.1, 0.15) is 0 Å². The fourth-order valence-electron chi connectivity index (χ4n) is 2.62. The van der Waals surface area contributed by atoms with Gasteiger partial charge in [-0.15, -0.1) is 0 Å². The molecule has 2 nitrogen and oxygen atoms in total. The molecule has 0 atom stereocenters. The lowest BCUT2D eigenvalue weighted by Gasteiger charge is -2.35. The highest BCUT2D eigenvalue weighted by molar-refractivity contribution is 5.01. The van der Waals surface area contributed by atoms with E-state index in [-0.39, 0.29) is 5.41 Å². The first kappa shape index (κ1) is 9.98. The van der Waals surface area contributed by atoms with Gasteiger partial charge < -0.3 is 4.90 Å². The minimum absolute atomic E-state index is 0.173. The van der Waals surface area contributed by atoms with E-state index < -0.39 is 0 Å². The Labute approximate surface area is 86.9 Å². The van der Waals surface area contributed by atoms with Crippen LogP contribution in [0.5, 0.6) is 0 Å². The Morgan fingerprint density at radius 2 is 2.07 bits per heavy atom. The van der Waals surface area contributed by atoms with Gasteiger partial charge in [0.05, 0.1) is 11.5 Å². The van der Waals surface area contributed by atoms with E-state index in [4.69, 9.17) is 5.26 Å². The molecule has 2 aliphatic rings. The molecule has 14 heavy (non-hydrogen) atoms. The second-order valence-electron chi connectivity index (χ2n) is 5.81. The number of piperidine rings is 1. The van der Waals surface area contributed by atoms with Crippen molar-refractivity contribution in [1.29, 1.82) is 5.26 Å². The summed E-state index contributed by atoms with van der Waals surface area (Å²) in [4.78, 5) is 2.50. The fraction of sp³-hybridized carbons (Fsp3) is 0.917. The molecule has 0 bridgehead atoms. The number of nitriles is 1. The zero-order chi connectivity index (χ0) is 10.2. The zero-order valence-electron chi connectivity index (χ0n) is 9.34. The summed E-state index contributed by atoms with van der Waals surface area (Å²) in [5.41, 5.74) is 0.511. The van der Waals surface area contributed by atoms with Crippen LogP contribution >= 0.6 is 0 Å². The fourth-order valence-corrected chi connectivity index (χ4v) is 2.62. The van der Waals surface area contributed by atoms with Gasteiger partial charge in [0, 0.05) is 13.1 Å². The summed E-state index contributed by atoms with van der Waals surface area (Å²) in [6.45, 7) is 7.48. The van der Waals surface area contributed by atoms with Crippen LogP contribution in [0.1, 0.15) is 39.5 Å². The first-order chi connectivity index (χ1) is 6.55. The van der Waals surface area contributed by atoms with Gasteiger partial charge in [0.15, 0.2) is 0 Å². The van der Waals surface area contributed by atoms with Crippen molar-refractivity contribution in [1.82, 2.24) is 4.90 Å². The molecule has 1 saturated heterocycles. The maximum absolute atomic E-state index is 8.99. The molecule has 2 heteroatoms. The van der Waals surface area contributed by atoms with Gasteiger partial charge in [-0.1, -0.05) is 0 Å². The van der Waals surface area contributed by atoms with Crippen molar-refractivity contribution in [3.63, 3.8) is 0 Å². The second-order valence-corrected chi connectivity index (χ2v) is 5.81. The van der Waals surface area contributed by atoms with Gasteiger partial charge in [-0.25, -0.2) is 0 Å². The quantitative estimate of drug-likeness (QED) is 0.672. The molecular weight excluding hydrogens is 172 g/mol. The average molecular weight is 192 g/mol. The lowest BCUT2D eigenvalue weighted by Crippen LogP contribution is -2.41. The summed E-state index contributed by atoms with van der Waals surface area (Å²) < 4.78 is 0. The van der Waals surface area contributed by atoms with Crippen LogP contribution in [0.25, 0.3) is 0 Å². The predicted octanol–water partition coefficient (Wildman–Crippen LogP) is 2.41. The van der Waals surface area contributed by atoms with E-state index in [0.29, 0.717) is 5.41 Å². The zero-order valence-corrected chi connectivity index (χ0v) is 9.34. The third-order valence-corrected chi connectivity index (χ3v) is 3.62. The van der Waals surface area contributed by atoms with Gasteiger partial charge >= 0.3 is 0 Å². The van der Waals surface area contributed by atoms with E-state index in [1.54, 1.807) is 0 Å². The molecule has 0 aromatic carbocycles. The molecule has 1 aliphatic carbocycles. The molecule has 1 saturated carbocycles. The van der Waals surface area contributed by atoms with Crippen molar-refractivity contribution in [2.24, 2.45) is 10.8 Å². The Morgan fingerprint density at radius 1 is 1.36 bits per heavy atom. The number of nitrogens with zero attached hydrogens (tertiary/aromatic N) is 2. The Morgan fingerprint density at radius 3 is 2.64 bits per heavy atom.